The molecule has 3 nitrogen and oxygen atoms in total. The molecule has 0 spiro atoms. The highest BCUT2D eigenvalue weighted by Crippen LogP contribution is 2.59. The van der Waals surface area contributed by atoms with Gasteiger partial charge in [-0.1, -0.05) is 6.58 Å². The van der Waals surface area contributed by atoms with Crippen molar-refractivity contribution in [1.82, 2.24) is 0 Å². The minimum absolute atomic E-state index is 0.238. The third-order valence-corrected chi connectivity index (χ3v) is 5.28. The van der Waals surface area contributed by atoms with E-state index in [0.717, 1.165) is 19.3 Å². The Kier molecular flexibility index (Phi) is 2.77. The molecule has 0 heterocycles. The van der Waals surface area contributed by atoms with Crippen molar-refractivity contribution < 1.29 is 14.6 Å². The van der Waals surface area contributed by atoms with Crippen molar-refractivity contribution in [2.24, 2.45) is 23.7 Å². The molecular weight excluding hydrogens is 228 g/mol. The van der Waals surface area contributed by atoms with Gasteiger partial charge in [-0.3, -0.25) is 0 Å². The Bertz CT molecular complexity index is 371. The Balaban J connectivity index is 1.79. The molecule has 4 bridgehead atoms. The first-order chi connectivity index (χ1) is 8.53. The van der Waals surface area contributed by atoms with Gasteiger partial charge in [0.25, 0.3) is 0 Å². The highest BCUT2D eigenvalue weighted by Gasteiger charge is 2.56. The molecule has 0 aromatic heterocycles. The summed E-state index contributed by atoms with van der Waals surface area (Å²) in [6.45, 7) is 5.68. The van der Waals surface area contributed by atoms with Crippen LogP contribution in [0.3, 0.4) is 0 Å². The largest absolute Gasteiger partial charge is 0.456 e. The van der Waals surface area contributed by atoms with Crippen LogP contribution >= 0.6 is 0 Å². The molecule has 0 radical (unpaired) electrons. The van der Waals surface area contributed by atoms with Crippen molar-refractivity contribution in [1.29, 1.82) is 0 Å². The Morgan fingerprint density at radius 2 is 1.94 bits per heavy atom. The van der Waals surface area contributed by atoms with Gasteiger partial charge in [0.15, 0.2) is 0 Å². The molecule has 4 rings (SSSR count). The fraction of sp³-hybridized carbons (Fsp3) is 0.800. The van der Waals surface area contributed by atoms with Gasteiger partial charge in [-0.25, -0.2) is 4.79 Å². The van der Waals surface area contributed by atoms with Crippen LogP contribution in [0.1, 0.15) is 39.0 Å². The average molecular weight is 250 g/mol. The number of esters is 1. The summed E-state index contributed by atoms with van der Waals surface area (Å²) in [5.41, 5.74) is 0.252. The van der Waals surface area contributed by atoms with E-state index in [-0.39, 0.29) is 11.6 Å². The van der Waals surface area contributed by atoms with E-state index in [1.807, 2.05) is 0 Å². The van der Waals surface area contributed by atoms with E-state index in [4.69, 9.17) is 4.74 Å². The number of rotatable bonds is 3. The second-order valence-electron chi connectivity index (χ2n) is 6.67. The fourth-order valence-corrected chi connectivity index (χ4v) is 4.76. The summed E-state index contributed by atoms with van der Waals surface area (Å²) in [5, 5.41) is 9.53. The summed E-state index contributed by atoms with van der Waals surface area (Å²) in [4.78, 5) is 11.8. The Hall–Kier alpha value is -0.830. The van der Waals surface area contributed by atoms with Gasteiger partial charge in [-0.15, -0.1) is 0 Å². The van der Waals surface area contributed by atoms with E-state index in [2.05, 4.69) is 6.58 Å². The van der Waals surface area contributed by atoms with Crippen LogP contribution in [-0.2, 0) is 9.53 Å². The smallest absolute Gasteiger partial charge is 0.333 e. The zero-order chi connectivity index (χ0) is 12.9. The molecule has 18 heavy (non-hydrogen) atoms. The molecular formula is C15H22O3. The van der Waals surface area contributed by atoms with Gasteiger partial charge in [0.1, 0.15) is 5.60 Å². The standard InChI is InChI=1S/C15H22O3/c1-9(2)14(17)18-15-5-10-3-11(6-15)13(8-16)12(4-10)7-15/h10-13,16H,1,3-8H2,2H3. The number of carbonyl (C=O) groups is 1. The Morgan fingerprint density at radius 1 is 1.33 bits per heavy atom. The predicted molar refractivity (Wildman–Crippen MR) is 67.8 cm³/mol. The molecule has 4 aliphatic carbocycles. The summed E-state index contributed by atoms with van der Waals surface area (Å²) in [6.07, 6.45) is 5.36. The number of aliphatic hydroxyl groups is 1. The number of hydrogen-bond donors (Lipinski definition) is 1. The number of ether oxygens (including phenoxy) is 1. The number of carbonyl (C=O) groups excluding carboxylic acids is 1. The van der Waals surface area contributed by atoms with E-state index in [9.17, 15) is 9.90 Å². The molecule has 0 aromatic carbocycles. The maximum absolute atomic E-state index is 11.8. The van der Waals surface area contributed by atoms with Crippen LogP contribution < -0.4 is 0 Å². The zero-order valence-corrected chi connectivity index (χ0v) is 11.0. The summed E-state index contributed by atoms with van der Waals surface area (Å²) < 4.78 is 5.78. The maximum atomic E-state index is 11.8. The molecule has 0 aromatic rings. The van der Waals surface area contributed by atoms with Crippen LogP contribution in [0, 0.1) is 23.7 Å². The lowest BCUT2D eigenvalue weighted by atomic mass is 9.50. The monoisotopic (exact) mass is 250 g/mol. The molecule has 0 saturated heterocycles. The van der Waals surface area contributed by atoms with Crippen molar-refractivity contribution in [3.8, 4) is 0 Å². The maximum Gasteiger partial charge on any atom is 0.333 e. The van der Waals surface area contributed by atoms with Gasteiger partial charge in [0.05, 0.1) is 0 Å². The number of hydrogen-bond acceptors (Lipinski definition) is 3. The average Bonchev–Trinajstić information content (AvgIpc) is 2.27. The van der Waals surface area contributed by atoms with Gasteiger partial charge in [0.2, 0.25) is 0 Å². The van der Waals surface area contributed by atoms with E-state index in [1.165, 1.54) is 12.8 Å². The highest BCUT2D eigenvalue weighted by molar-refractivity contribution is 5.87. The third-order valence-electron chi connectivity index (χ3n) is 5.28. The lowest BCUT2D eigenvalue weighted by Crippen LogP contribution is -2.57. The van der Waals surface area contributed by atoms with Gasteiger partial charge < -0.3 is 9.84 Å². The second-order valence-corrected chi connectivity index (χ2v) is 6.67. The molecule has 4 aliphatic rings. The lowest BCUT2D eigenvalue weighted by Gasteiger charge is -2.58. The van der Waals surface area contributed by atoms with Crippen LogP contribution in [-0.4, -0.2) is 23.3 Å². The van der Waals surface area contributed by atoms with E-state index < -0.39 is 0 Å². The van der Waals surface area contributed by atoms with E-state index in [0.29, 0.717) is 35.9 Å². The fourth-order valence-electron chi connectivity index (χ4n) is 4.76. The summed E-state index contributed by atoms with van der Waals surface area (Å²) in [6, 6.07) is 0. The van der Waals surface area contributed by atoms with Crippen LogP contribution in [0.2, 0.25) is 0 Å². The van der Waals surface area contributed by atoms with Gasteiger partial charge >= 0.3 is 5.97 Å². The molecule has 0 aliphatic heterocycles. The van der Waals surface area contributed by atoms with Crippen molar-refractivity contribution in [3.63, 3.8) is 0 Å². The van der Waals surface area contributed by atoms with E-state index >= 15 is 0 Å². The van der Waals surface area contributed by atoms with Crippen LogP contribution in [0.25, 0.3) is 0 Å². The molecule has 100 valence electrons. The van der Waals surface area contributed by atoms with Crippen molar-refractivity contribution in [2.75, 3.05) is 6.61 Å². The second kappa shape index (κ2) is 4.09. The highest BCUT2D eigenvalue weighted by atomic mass is 16.6. The molecule has 3 heteroatoms. The molecule has 4 fully saturated rings. The van der Waals surface area contributed by atoms with Crippen molar-refractivity contribution in [2.45, 2.75) is 44.6 Å². The first kappa shape index (κ1) is 12.2. The molecule has 2 unspecified atom stereocenters. The van der Waals surface area contributed by atoms with Crippen molar-refractivity contribution >= 4 is 5.97 Å². The SMILES string of the molecule is C=C(C)C(=O)OC12CC3CC(C1)C(CO)C(C3)C2. The molecule has 4 saturated carbocycles. The van der Waals surface area contributed by atoms with E-state index in [1.54, 1.807) is 6.92 Å². The third kappa shape index (κ3) is 1.80. The van der Waals surface area contributed by atoms with Crippen LogP contribution in [0.5, 0.6) is 0 Å². The molecule has 2 atom stereocenters. The van der Waals surface area contributed by atoms with Gasteiger partial charge in [0, 0.05) is 12.2 Å². The van der Waals surface area contributed by atoms with Crippen LogP contribution in [0.15, 0.2) is 12.2 Å². The van der Waals surface area contributed by atoms with Gasteiger partial charge in [-0.05, 0) is 62.7 Å². The summed E-state index contributed by atoms with van der Waals surface area (Å²) in [5.74, 6) is 2.01. The van der Waals surface area contributed by atoms with Gasteiger partial charge in [-0.2, -0.15) is 0 Å². The Morgan fingerprint density at radius 3 is 2.44 bits per heavy atom. The molecule has 1 N–H and O–H groups in total. The van der Waals surface area contributed by atoms with Crippen LogP contribution in [0.4, 0.5) is 0 Å². The lowest BCUT2D eigenvalue weighted by molar-refractivity contribution is -0.195. The first-order valence-corrected chi connectivity index (χ1v) is 7.03. The predicted octanol–water partition coefficient (Wildman–Crippen LogP) is 2.29. The summed E-state index contributed by atoms with van der Waals surface area (Å²) in [7, 11) is 0. The topological polar surface area (TPSA) is 46.5 Å². The summed E-state index contributed by atoms with van der Waals surface area (Å²) >= 11 is 0. The quantitative estimate of drug-likeness (QED) is 0.617. The Labute approximate surface area is 108 Å². The number of aliphatic hydroxyl groups excluding tert-OH is 1. The minimum atomic E-state index is -0.238. The molecule has 0 amide bonds. The first-order valence-electron chi connectivity index (χ1n) is 7.03. The minimum Gasteiger partial charge on any atom is -0.456 e. The normalized spacial score (nSPS) is 45.0. The van der Waals surface area contributed by atoms with Crippen molar-refractivity contribution in [3.05, 3.63) is 12.2 Å². The zero-order valence-electron chi connectivity index (χ0n) is 11.0.